The van der Waals surface area contributed by atoms with Gasteiger partial charge in [0.25, 0.3) is 0 Å². The average Bonchev–Trinajstić information content (AvgIpc) is 2.17. The van der Waals surface area contributed by atoms with Crippen molar-refractivity contribution in [1.29, 1.82) is 0 Å². The number of rotatable bonds is 5. The Kier molecular flexibility index (Phi) is 4.58. The second kappa shape index (κ2) is 5.74. The van der Waals surface area contributed by atoms with Crippen LogP contribution in [0.4, 0.5) is 5.82 Å². The molecule has 0 aliphatic rings. The van der Waals surface area contributed by atoms with Crippen molar-refractivity contribution in [3.8, 4) is 0 Å². The van der Waals surface area contributed by atoms with Gasteiger partial charge in [0.05, 0.1) is 13.2 Å². The van der Waals surface area contributed by atoms with Crippen LogP contribution < -0.4 is 4.90 Å². The van der Waals surface area contributed by atoms with E-state index in [2.05, 4.69) is 9.97 Å². The summed E-state index contributed by atoms with van der Waals surface area (Å²) >= 11 is 5.69. The highest BCUT2D eigenvalue weighted by Crippen LogP contribution is 2.13. The minimum absolute atomic E-state index is 0.00161. The van der Waals surface area contributed by atoms with E-state index in [-0.39, 0.29) is 13.2 Å². The quantitative estimate of drug-likeness (QED) is 0.676. The fraction of sp³-hybridized carbons (Fsp3) is 0.500. The molecule has 0 spiro atoms. The Hall–Kier alpha value is -0.910. The maximum absolute atomic E-state index is 8.79. The van der Waals surface area contributed by atoms with Crippen molar-refractivity contribution in [1.82, 2.24) is 9.97 Å². The molecule has 0 aliphatic carbocycles. The van der Waals surface area contributed by atoms with Crippen molar-refractivity contribution in [2.24, 2.45) is 0 Å². The first kappa shape index (κ1) is 11.2. The molecule has 0 bridgehead atoms. The molecule has 0 fully saturated rings. The van der Waals surface area contributed by atoms with Crippen molar-refractivity contribution in [3.63, 3.8) is 0 Å². The van der Waals surface area contributed by atoms with E-state index in [9.17, 15) is 0 Å². The predicted molar refractivity (Wildman–Crippen MR) is 53.4 cm³/mol. The van der Waals surface area contributed by atoms with Gasteiger partial charge in [-0.25, -0.2) is 9.97 Å². The molecule has 0 radical (unpaired) electrons. The summed E-state index contributed by atoms with van der Waals surface area (Å²) < 4.78 is 0. The molecule has 6 heteroatoms. The topological polar surface area (TPSA) is 69.5 Å². The van der Waals surface area contributed by atoms with Gasteiger partial charge in [-0.2, -0.15) is 0 Å². The molecule has 78 valence electrons. The fourth-order valence-electron chi connectivity index (χ4n) is 1.08. The average molecular weight is 218 g/mol. The van der Waals surface area contributed by atoms with Crippen molar-refractivity contribution in [2.75, 3.05) is 31.2 Å². The minimum Gasteiger partial charge on any atom is -0.395 e. The van der Waals surface area contributed by atoms with Crippen LogP contribution in [-0.4, -0.2) is 46.5 Å². The molecule has 1 aromatic heterocycles. The number of anilines is 1. The highest BCUT2D eigenvalue weighted by Gasteiger charge is 2.06. The number of aromatic nitrogens is 2. The highest BCUT2D eigenvalue weighted by atomic mass is 35.5. The first-order chi connectivity index (χ1) is 6.77. The van der Waals surface area contributed by atoms with Gasteiger partial charge in [-0.15, -0.1) is 0 Å². The molecular weight excluding hydrogens is 206 g/mol. The molecule has 0 aromatic carbocycles. The predicted octanol–water partition coefficient (Wildman–Crippen LogP) is -0.0790. The van der Waals surface area contributed by atoms with Crippen LogP contribution in [0.1, 0.15) is 0 Å². The van der Waals surface area contributed by atoms with Gasteiger partial charge in [-0.1, -0.05) is 11.6 Å². The zero-order valence-electron chi connectivity index (χ0n) is 7.60. The second-order valence-corrected chi connectivity index (χ2v) is 3.02. The van der Waals surface area contributed by atoms with Crippen LogP contribution in [0.25, 0.3) is 0 Å². The standard InChI is InChI=1S/C8H12ClN3O2/c9-7-5-8(11-6-10-7)12(1-3-13)2-4-14/h5-6,13-14H,1-4H2. The molecule has 14 heavy (non-hydrogen) atoms. The molecule has 0 saturated carbocycles. The van der Waals surface area contributed by atoms with E-state index in [1.165, 1.54) is 6.33 Å². The van der Waals surface area contributed by atoms with Crippen molar-refractivity contribution < 1.29 is 10.2 Å². The first-order valence-corrected chi connectivity index (χ1v) is 4.60. The summed E-state index contributed by atoms with van der Waals surface area (Å²) in [5.74, 6) is 0.605. The van der Waals surface area contributed by atoms with E-state index in [1.807, 2.05) is 0 Å². The smallest absolute Gasteiger partial charge is 0.134 e. The Morgan fingerprint density at radius 3 is 2.36 bits per heavy atom. The Morgan fingerprint density at radius 2 is 1.86 bits per heavy atom. The summed E-state index contributed by atoms with van der Waals surface area (Å²) in [4.78, 5) is 9.46. The van der Waals surface area contributed by atoms with Gasteiger partial charge < -0.3 is 15.1 Å². The number of aliphatic hydroxyl groups is 2. The molecule has 2 N–H and O–H groups in total. The molecule has 0 unspecified atom stereocenters. The van der Waals surface area contributed by atoms with Crippen LogP contribution in [0.15, 0.2) is 12.4 Å². The molecule has 0 saturated heterocycles. The van der Waals surface area contributed by atoms with Gasteiger partial charge in [0.1, 0.15) is 17.3 Å². The van der Waals surface area contributed by atoms with Gasteiger partial charge in [0.2, 0.25) is 0 Å². The third kappa shape index (κ3) is 3.10. The van der Waals surface area contributed by atoms with Crippen LogP contribution in [0.2, 0.25) is 5.15 Å². The zero-order valence-corrected chi connectivity index (χ0v) is 8.35. The van der Waals surface area contributed by atoms with Crippen LogP contribution in [-0.2, 0) is 0 Å². The summed E-state index contributed by atoms with van der Waals surface area (Å²) in [5, 5.41) is 17.9. The second-order valence-electron chi connectivity index (χ2n) is 2.63. The van der Waals surface area contributed by atoms with E-state index in [0.29, 0.717) is 24.1 Å². The van der Waals surface area contributed by atoms with Crippen molar-refractivity contribution >= 4 is 17.4 Å². The molecular formula is C8H12ClN3O2. The molecule has 1 heterocycles. The Labute approximate surface area is 87.0 Å². The number of nitrogens with zero attached hydrogens (tertiary/aromatic N) is 3. The highest BCUT2D eigenvalue weighted by molar-refractivity contribution is 6.29. The molecule has 1 aromatic rings. The molecule has 0 amide bonds. The summed E-state index contributed by atoms with van der Waals surface area (Å²) in [6, 6.07) is 1.59. The zero-order chi connectivity index (χ0) is 10.4. The first-order valence-electron chi connectivity index (χ1n) is 4.22. The van der Waals surface area contributed by atoms with Crippen LogP contribution >= 0.6 is 11.6 Å². The van der Waals surface area contributed by atoms with Gasteiger partial charge >= 0.3 is 0 Å². The van der Waals surface area contributed by atoms with E-state index in [1.54, 1.807) is 11.0 Å². The summed E-state index contributed by atoms with van der Waals surface area (Å²) in [5.41, 5.74) is 0. The van der Waals surface area contributed by atoms with Gasteiger partial charge in [-0.3, -0.25) is 0 Å². The molecule has 5 nitrogen and oxygen atoms in total. The molecule has 1 rings (SSSR count). The van der Waals surface area contributed by atoms with Crippen molar-refractivity contribution in [3.05, 3.63) is 17.5 Å². The summed E-state index contributed by atoms with van der Waals surface area (Å²) in [7, 11) is 0. The number of halogens is 1. The maximum Gasteiger partial charge on any atom is 0.134 e. The minimum atomic E-state index is 0.00161. The molecule has 0 atom stereocenters. The normalized spacial score (nSPS) is 10.2. The Bertz CT molecular complexity index is 279. The van der Waals surface area contributed by atoms with Gasteiger partial charge in [0, 0.05) is 19.2 Å². The number of hydrogen-bond donors (Lipinski definition) is 2. The SMILES string of the molecule is OCCN(CCO)c1cc(Cl)ncn1. The lowest BCUT2D eigenvalue weighted by Gasteiger charge is -2.21. The Balaban J connectivity index is 2.75. The largest absolute Gasteiger partial charge is 0.395 e. The molecule has 0 aliphatic heterocycles. The van der Waals surface area contributed by atoms with Gasteiger partial charge in [0.15, 0.2) is 0 Å². The Morgan fingerprint density at radius 1 is 1.21 bits per heavy atom. The van der Waals surface area contributed by atoms with Crippen molar-refractivity contribution in [2.45, 2.75) is 0 Å². The monoisotopic (exact) mass is 217 g/mol. The third-order valence-corrected chi connectivity index (χ3v) is 1.89. The fourth-order valence-corrected chi connectivity index (χ4v) is 1.22. The lowest BCUT2D eigenvalue weighted by Crippen LogP contribution is -2.30. The number of hydrogen-bond acceptors (Lipinski definition) is 5. The number of aliphatic hydroxyl groups excluding tert-OH is 2. The van der Waals surface area contributed by atoms with Gasteiger partial charge in [-0.05, 0) is 0 Å². The lowest BCUT2D eigenvalue weighted by molar-refractivity contribution is 0.280. The van der Waals surface area contributed by atoms with Crippen LogP contribution in [0.3, 0.4) is 0 Å². The van der Waals surface area contributed by atoms with E-state index >= 15 is 0 Å². The van der Waals surface area contributed by atoms with Crippen LogP contribution in [0, 0.1) is 0 Å². The maximum atomic E-state index is 8.79. The summed E-state index contributed by atoms with van der Waals surface area (Å²) in [6.07, 6.45) is 1.35. The lowest BCUT2D eigenvalue weighted by atomic mass is 10.4. The van der Waals surface area contributed by atoms with Crippen LogP contribution in [0.5, 0.6) is 0 Å². The van der Waals surface area contributed by atoms with E-state index in [0.717, 1.165) is 0 Å². The third-order valence-electron chi connectivity index (χ3n) is 1.68. The van der Waals surface area contributed by atoms with E-state index in [4.69, 9.17) is 21.8 Å². The van der Waals surface area contributed by atoms with E-state index < -0.39 is 0 Å². The summed E-state index contributed by atoms with van der Waals surface area (Å²) in [6.45, 7) is 0.824.